The Balaban J connectivity index is 1.51. The van der Waals surface area contributed by atoms with Crippen LogP contribution in [0.25, 0.3) is 5.52 Å². The Morgan fingerprint density at radius 3 is 2.86 bits per heavy atom. The van der Waals surface area contributed by atoms with E-state index in [4.69, 9.17) is 21.1 Å². The molecule has 1 N–H and O–H groups in total. The van der Waals surface area contributed by atoms with Gasteiger partial charge in [0, 0.05) is 13.2 Å². The van der Waals surface area contributed by atoms with Gasteiger partial charge in [0.15, 0.2) is 5.82 Å². The molecule has 0 radical (unpaired) electrons. The number of hydrogen-bond donors (Lipinski definition) is 1. The molecule has 8 heteroatoms. The van der Waals surface area contributed by atoms with Crippen LogP contribution < -0.4 is 5.32 Å². The third-order valence-corrected chi connectivity index (χ3v) is 7.01. The maximum Gasteiger partial charge on any atom is 0.311 e. The van der Waals surface area contributed by atoms with Gasteiger partial charge in [0.2, 0.25) is 5.28 Å². The zero-order valence-electron chi connectivity index (χ0n) is 16.1. The number of hydrogen-bond acceptors (Lipinski definition) is 6. The quantitative estimate of drug-likeness (QED) is 0.745. The molecule has 4 aliphatic carbocycles. The molecule has 4 saturated carbocycles. The lowest BCUT2D eigenvalue weighted by Crippen LogP contribution is -2.53. The van der Waals surface area contributed by atoms with Gasteiger partial charge in [0.05, 0.1) is 24.8 Å². The molecule has 2 bridgehead atoms. The van der Waals surface area contributed by atoms with Crippen molar-refractivity contribution in [3.05, 3.63) is 23.1 Å². The first kappa shape index (κ1) is 18.2. The van der Waals surface area contributed by atoms with E-state index < -0.39 is 0 Å². The molecule has 0 saturated heterocycles. The molecular formula is C20H25ClN4O3. The molecule has 0 aliphatic heterocycles. The van der Waals surface area contributed by atoms with Gasteiger partial charge in [-0.2, -0.15) is 4.98 Å². The lowest BCUT2D eigenvalue weighted by Gasteiger charge is -2.47. The number of carbonyl (C=O) groups excluding carboxylic acids is 1. The number of nitrogens with zero attached hydrogens (tertiary/aromatic N) is 3. The lowest BCUT2D eigenvalue weighted by molar-refractivity contribution is -0.155. The minimum absolute atomic E-state index is 0.0251. The number of esters is 1. The average molecular weight is 405 g/mol. The van der Waals surface area contributed by atoms with E-state index in [1.807, 2.05) is 19.1 Å². The number of fused-ring (bicyclic) bond motifs is 3. The van der Waals surface area contributed by atoms with Gasteiger partial charge in [0.1, 0.15) is 5.52 Å². The first-order valence-corrected chi connectivity index (χ1v) is 10.5. The largest absolute Gasteiger partial charge is 0.466 e. The van der Waals surface area contributed by atoms with Crippen molar-refractivity contribution in [1.29, 1.82) is 0 Å². The fourth-order valence-corrected chi connectivity index (χ4v) is 5.92. The summed E-state index contributed by atoms with van der Waals surface area (Å²) in [6.45, 7) is 2.72. The summed E-state index contributed by atoms with van der Waals surface area (Å²) in [6, 6.07) is 3.95. The van der Waals surface area contributed by atoms with Gasteiger partial charge in [-0.15, -0.1) is 5.10 Å². The molecule has 6 atom stereocenters. The molecule has 4 fully saturated rings. The van der Waals surface area contributed by atoms with Crippen LogP contribution in [0.4, 0.5) is 5.82 Å². The summed E-state index contributed by atoms with van der Waals surface area (Å²) >= 11 is 6.22. The summed E-state index contributed by atoms with van der Waals surface area (Å²) < 4.78 is 12.5. The highest BCUT2D eigenvalue weighted by Gasteiger charge is 2.63. The highest BCUT2D eigenvalue weighted by Crippen LogP contribution is 2.64. The smallest absolute Gasteiger partial charge is 0.311 e. The summed E-state index contributed by atoms with van der Waals surface area (Å²) in [4.78, 5) is 17.3. The molecule has 2 aromatic rings. The zero-order valence-corrected chi connectivity index (χ0v) is 16.9. The Morgan fingerprint density at radius 1 is 1.29 bits per heavy atom. The number of carbonyl (C=O) groups is 1. The summed E-state index contributed by atoms with van der Waals surface area (Å²) in [6.07, 6.45) is 3.52. The molecule has 7 nitrogen and oxygen atoms in total. The van der Waals surface area contributed by atoms with Crippen molar-refractivity contribution in [2.45, 2.75) is 38.8 Å². The van der Waals surface area contributed by atoms with Crippen LogP contribution >= 0.6 is 11.6 Å². The number of nitrogens with one attached hydrogen (secondary N) is 1. The number of methoxy groups -OCH3 is 1. The molecule has 150 valence electrons. The molecule has 0 spiro atoms. The fourth-order valence-electron chi connectivity index (χ4n) is 5.76. The van der Waals surface area contributed by atoms with E-state index in [9.17, 15) is 4.79 Å². The van der Waals surface area contributed by atoms with E-state index in [1.165, 1.54) is 6.42 Å². The van der Waals surface area contributed by atoms with Gasteiger partial charge in [-0.05, 0) is 73.6 Å². The maximum absolute atomic E-state index is 12.8. The Hall–Kier alpha value is -1.86. The van der Waals surface area contributed by atoms with E-state index in [-0.39, 0.29) is 23.2 Å². The second-order valence-corrected chi connectivity index (χ2v) is 8.54. The molecule has 4 aliphatic rings. The van der Waals surface area contributed by atoms with Crippen molar-refractivity contribution in [3.8, 4) is 0 Å². The van der Waals surface area contributed by atoms with Crippen LogP contribution in [-0.4, -0.2) is 40.3 Å². The SMILES string of the molecule is CCOC(=O)[C@@H]1[C@@H](Nc2nc(Cl)nn3c(COC)ccc23)[C@@H]2CC[C@H]1C1CC12. The standard InChI is InChI=1S/C20H25ClN4O3/c1-3-28-19(26)16-11-5-6-12(14-8-13(11)14)17(16)22-18-15-7-4-10(9-27-2)25(15)24-20(21)23-18/h4,7,11-14,16-17H,3,5-6,8-9H2,1-2H3,(H,22,23,24)/t11-,12+,13?,14?,16-,17-/m0/s1. The predicted molar refractivity (Wildman–Crippen MR) is 104 cm³/mol. The molecular weight excluding hydrogens is 380 g/mol. The van der Waals surface area contributed by atoms with Crippen LogP contribution in [0.2, 0.25) is 5.28 Å². The van der Waals surface area contributed by atoms with Crippen LogP contribution in [0.5, 0.6) is 0 Å². The van der Waals surface area contributed by atoms with Crippen LogP contribution in [-0.2, 0) is 20.9 Å². The molecule has 0 amide bonds. The van der Waals surface area contributed by atoms with Crippen LogP contribution in [0.1, 0.15) is 31.9 Å². The fraction of sp³-hybridized carbons (Fsp3) is 0.650. The number of ether oxygens (including phenoxy) is 2. The Bertz CT molecular complexity index is 916. The molecule has 2 aromatic heterocycles. The second-order valence-electron chi connectivity index (χ2n) is 8.20. The van der Waals surface area contributed by atoms with E-state index in [2.05, 4.69) is 15.4 Å². The summed E-state index contributed by atoms with van der Waals surface area (Å²) in [5.74, 6) is 2.79. The van der Waals surface area contributed by atoms with Crippen LogP contribution in [0.15, 0.2) is 12.1 Å². The van der Waals surface area contributed by atoms with Crippen LogP contribution in [0, 0.1) is 29.6 Å². The molecule has 28 heavy (non-hydrogen) atoms. The monoisotopic (exact) mass is 404 g/mol. The van der Waals surface area contributed by atoms with Gasteiger partial charge in [-0.3, -0.25) is 4.79 Å². The predicted octanol–water partition coefficient (Wildman–Crippen LogP) is 3.16. The topological polar surface area (TPSA) is 77.8 Å². The average Bonchev–Trinajstić information content (AvgIpc) is 3.40. The van der Waals surface area contributed by atoms with Gasteiger partial charge in [-0.25, -0.2) is 4.52 Å². The molecule has 2 heterocycles. The van der Waals surface area contributed by atoms with Gasteiger partial charge in [-0.1, -0.05) is 0 Å². The van der Waals surface area contributed by atoms with E-state index in [1.54, 1.807) is 11.6 Å². The zero-order chi connectivity index (χ0) is 19.4. The normalized spacial score (nSPS) is 33.0. The number of aromatic nitrogens is 3. The Morgan fingerprint density at radius 2 is 2.07 bits per heavy atom. The maximum atomic E-state index is 12.8. The third-order valence-electron chi connectivity index (χ3n) is 6.85. The van der Waals surface area contributed by atoms with Crippen molar-refractivity contribution in [3.63, 3.8) is 0 Å². The van der Waals surface area contributed by atoms with Gasteiger partial charge in [0.25, 0.3) is 0 Å². The summed E-state index contributed by atoms with van der Waals surface area (Å²) in [7, 11) is 1.65. The number of halogens is 1. The first-order chi connectivity index (χ1) is 13.6. The molecule has 6 rings (SSSR count). The van der Waals surface area contributed by atoms with E-state index in [0.717, 1.165) is 30.0 Å². The van der Waals surface area contributed by atoms with Crippen molar-refractivity contribution < 1.29 is 14.3 Å². The Kier molecular flexibility index (Phi) is 4.47. The van der Waals surface area contributed by atoms with Gasteiger partial charge < -0.3 is 14.8 Å². The third kappa shape index (κ3) is 2.78. The number of anilines is 1. The second kappa shape index (κ2) is 6.88. The van der Waals surface area contributed by atoms with Crippen LogP contribution in [0.3, 0.4) is 0 Å². The molecule has 2 unspecified atom stereocenters. The Labute approximate surface area is 168 Å². The summed E-state index contributed by atoms with van der Waals surface area (Å²) in [5, 5.41) is 8.09. The summed E-state index contributed by atoms with van der Waals surface area (Å²) in [5.41, 5.74) is 1.74. The van der Waals surface area contributed by atoms with Gasteiger partial charge >= 0.3 is 5.97 Å². The minimum Gasteiger partial charge on any atom is -0.466 e. The molecule has 0 aromatic carbocycles. The highest BCUT2D eigenvalue weighted by molar-refractivity contribution is 6.28. The van der Waals surface area contributed by atoms with Crippen molar-refractivity contribution in [2.75, 3.05) is 19.0 Å². The lowest BCUT2D eigenvalue weighted by atomic mass is 9.61. The van der Waals surface area contributed by atoms with E-state index >= 15 is 0 Å². The number of rotatable bonds is 6. The first-order valence-electron chi connectivity index (χ1n) is 10.1. The van der Waals surface area contributed by atoms with Crippen molar-refractivity contribution in [1.82, 2.24) is 14.6 Å². The highest BCUT2D eigenvalue weighted by atomic mass is 35.5. The van der Waals surface area contributed by atoms with Crippen molar-refractivity contribution in [2.24, 2.45) is 29.6 Å². The van der Waals surface area contributed by atoms with E-state index in [0.29, 0.717) is 36.8 Å². The van der Waals surface area contributed by atoms with Crippen molar-refractivity contribution >= 4 is 28.9 Å². The minimum atomic E-state index is -0.121.